The molecule has 5 rings (SSSR count). The van der Waals surface area contributed by atoms with Crippen molar-refractivity contribution >= 4 is 39.1 Å². The lowest BCUT2D eigenvalue weighted by Gasteiger charge is -2.35. The molecule has 2 amide bonds. The van der Waals surface area contributed by atoms with Crippen molar-refractivity contribution in [3.05, 3.63) is 124 Å². The Labute approximate surface area is 295 Å². The number of carbonyl (C=O) groups is 2. The van der Waals surface area contributed by atoms with Gasteiger partial charge in [0, 0.05) is 24.0 Å². The molecule has 4 aromatic carbocycles. The van der Waals surface area contributed by atoms with Gasteiger partial charge < -0.3 is 15.0 Å². The van der Waals surface area contributed by atoms with Crippen LogP contribution in [0, 0.1) is 13.8 Å². The van der Waals surface area contributed by atoms with Crippen LogP contribution in [0.15, 0.2) is 102 Å². The molecule has 1 fully saturated rings. The first-order chi connectivity index (χ1) is 23.5. The van der Waals surface area contributed by atoms with E-state index in [1.807, 2.05) is 74.5 Å². The molecule has 0 unspecified atom stereocenters. The summed E-state index contributed by atoms with van der Waals surface area (Å²) in [5.41, 5.74) is 3.84. The number of benzene rings is 4. The maximum absolute atomic E-state index is 14.8. The molecule has 0 radical (unpaired) electrons. The van der Waals surface area contributed by atoms with Crippen molar-refractivity contribution in [3.63, 3.8) is 0 Å². The Balaban J connectivity index is 1.58. The average molecular weight is 702 g/mol. The molecule has 10 heteroatoms. The van der Waals surface area contributed by atoms with Crippen LogP contribution in [-0.2, 0) is 32.6 Å². The Morgan fingerprint density at radius 2 is 1.55 bits per heavy atom. The third kappa shape index (κ3) is 9.22. The highest BCUT2D eigenvalue weighted by atomic mass is 35.5. The molecule has 0 spiro atoms. The molecule has 258 valence electrons. The van der Waals surface area contributed by atoms with Gasteiger partial charge in [0.1, 0.15) is 18.3 Å². The normalized spacial score (nSPS) is 14.1. The van der Waals surface area contributed by atoms with Gasteiger partial charge in [-0.05, 0) is 97.5 Å². The number of nitrogens with zero attached hydrogens (tertiary/aromatic N) is 2. The summed E-state index contributed by atoms with van der Waals surface area (Å²) in [7, 11) is -2.66. The summed E-state index contributed by atoms with van der Waals surface area (Å²) < 4.78 is 35.2. The third-order valence-corrected chi connectivity index (χ3v) is 11.2. The largest absolute Gasteiger partial charge is 0.497 e. The second kappa shape index (κ2) is 16.4. The average Bonchev–Trinajstić information content (AvgIpc) is 3.11. The fraction of sp³-hybridized carbons (Fsp3) is 0.333. The molecule has 1 aliphatic rings. The van der Waals surface area contributed by atoms with Crippen molar-refractivity contribution in [2.24, 2.45) is 0 Å². The molecule has 1 aliphatic carbocycles. The van der Waals surface area contributed by atoms with Gasteiger partial charge in [-0.25, -0.2) is 8.42 Å². The lowest BCUT2D eigenvalue weighted by atomic mass is 9.94. The zero-order valence-corrected chi connectivity index (χ0v) is 29.8. The highest BCUT2D eigenvalue weighted by Crippen LogP contribution is 2.28. The number of hydrogen-bond acceptors (Lipinski definition) is 5. The molecule has 1 atom stereocenters. The van der Waals surface area contributed by atoms with E-state index in [0.29, 0.717) is 16.5 Å². The summed E-state index contributed by atoms with van der Waals surface area (Å²) in [6, 6.07) is 27.2. The van der Waals surface area contributed by atoms with Gasteiger partial charge in [0.05, 0.1) is 17.7 Å². The summed E-state index contributed by atoms with van der Waals surface area (Å²) in [6.45, 7) is 3.37. The van der Waals surface area contributed by atoms with E-state index >= 15 is 0 Å². The van der Waals surface area contributed by atoms with Crippen LogP contribution in [0.25, 0.3) is 0 Å². The second-order valence-corrected chi connectivity index (χ2v) is 15.0. The van der Waals surface area contributed by atoms with E-state index in [2.05, 4.69) is 5.32 Å². The van der Waals surface area contributed by atoms with Gasteiger partial charge in [0.2, 0.25) is 11.8 Å². The van der Waals surface area contributed by atoms with Crippen molar-refractivity contribution in [2.75, 3.05) is 18.0 Å². The molecule has 8 nitrogen and oxygen atoms in total. The molecule has 4 aromatic rings. The molecular formula is C39H44ClN3O5S. The molecular weight excluding hydrogens is 658 g/mol. The highest BCUT2D eigenvalue weighted by Gasteiger charge is 2.35. The van der Waals surface area contributed by atoms with Crippen LogP contribution in [0.2, 0.25) is 5.02 Å². The second-order valence-electron chi connectivity index (χ2n) is 12.7. The topological polar surface area (TPSA) is 96.0 Å². The van der Waals surface area contributed by atoms with Crippen molar-refractivity contribution in [1.82, 2.24) is 10.2 Å². The number of anilines is 1. The summed E-state index contributed by atoms with van der Waals surface area (Å²) in [4.78, 5) is 30.6. The lowest BCUT2D eigenvalue weighted by Crippen LogP contribution is -2.55. The molecule has 0 aromatic heterocycles. The third-order valence-electron chi connectivity index (χ3n) is 9.17. The van der Waals surface area contributed by atoms with Crippen LogP contribution in [0.4, 0.5) is 5.69 Å². The highest BCUT2D eigenvalue weighted by molar-refractivity contribution is 7.92. The summed E-state index contributed by atoms with van der Waals surface area (Å²) in [5, 5.41) is 3.63. The number of aryl methyl sites for hydroxylation is 2. The molecule has 0 heterocycles. The minimum atomic E-state index is -4.23. The number of rotatable bonds is 13. The Kier molecular flexibility index (Phi) is 12.0. The van der Waals surface area contributed by atoms with E-state index in [-0.39, 0.29) is 29.8 Å². The minimum Gasteiger partial charge on any atom is -0.497 e. The Morgan fingerprint density at radius 3 is 2.22 bits per heavy atom. The van der Waals surface area contributed by atoms with Gasteiger partial charge in [0.15, 0.2) is 0 Å². The number of sulfonamides is 1. The van der Waals surface area contributed by atoms with Gasteiger partial charge in [-0.15, -0.1) is 0 Å². The molecule has 49 heavy (non-hydrogen) atoms. The van der Waals surface area contributed by atoms with Gasteiger partial charge in [0.25, 0.3) is 10.0 Å². The van der Waals surface area contributed by atoms with Gasteiger partial charge in [-0.1, -0.05) is 79.4 Å². The van der Waals surface area contributed by atoms with Crippen molar-refractivity contribution in [1.29, 1.82) is 0 Å². The van der Waals surface area contributed by atoms with E-state index in [0.717, 1.165) is 58.7 Å². The number of halogens is 1. The zero-order chi connectivity index (χ0) is 35.0. The summed E-state index contributed by atoms with van der Waals surface area (Å²) in [6.07, 6.45) is 5.23. The molecule has 0 bridgehead atoms. The Hall–Kier alpha value is -4.34. The van der Waals surface area contributed by atoms with Crippen molar-refractivity contribution in [2.45, 2.75) is 75.9 Å². The van der Waals surface area contributed by atoms with Crippen LogP contribution in [0.1, 0.15) is 54.4 Å². The summed E-state index contributed by atoms with van der Waals surface area (Å²) in [5.74, 6) is -0.165. The molecule has 1 N–H and O–H groups in total. The fourth-order valence-electron chi connectivity index (χ4n) is 6.21. The van der Waals surface area contributed by atoms with E-state index in [9.17, 15) is 18.0 Å². The monoisotopic (exact) mass is 701 g/mol. The smallest absolute Gasteiger partial charge is 0.264 e. The van der Waals surface area contributed by atoms with Crippen molar-refractivity contribution in [3.8, 4) is 5.75 Å². The number of nitrogens with one attached hydrogen (secondary N) is 1. The van der Waals surface area contributed by atoms with Crippen LogP contribution in [0.3, 0.4) is 0 Å². The zero-order valence-electron chi connectivity index (χ0n) is 28.3. The number of ether oxygens (including phenoxy) is 1. The van der Waals surface area contributed by atoms with Crippen LogP contribution in [0.5, 0.6) is 5.75 Å². The first-order valence-electron chi connectivity index (χ1n) is 16.7. The van der Waals surface area contributed by atoms with Gasteiger partial charge >= 0.3 is 0 Å². The SMILES string of the molecule is COc1cccc(CN(C(=O)CN(c2ccc(C)c(C)c2)S(=O)(=O)c2ccc(Cl)cc2)[C@H](Cc2ccccc2)C(=O)NC2CCCCC2)c1. The van der Waals surface area contributed by atoms with Crippen LogP contribution in [-0.4, -0.2) is 50.9 Å². The van der Waals surface area contributed by atoms with Crippen LogP contribution >= 0.6 is 11.6 Å². The van der Waals surface area contributed by atoms with Gasteiger partial charge in [-0.3, -0.25) is 13.9 Å². The molecule has 0 aliphatic heterocycles. The van der Waals surface area contributed by atoms with E-state index in [1.165, 1.54) is 29.2 Å². The Bertz CT molecular complexity index is 1840. The maximum Gasteiger partial charge on any atom is 0.264 e. The number of methoxy groups -OCH3 is 1. The summed E-state index contributed by atoms with van der Waals surface area (Å²) >= 11 is 6.11. The van der Waals surface area contributed by atoms with Gasteiger partial charge in [-0.2, -0.15) is 0 Å². The van der Waals surface area contributed by atoms with Crippen molar-refractivity contribution < 1.29 is 22.7 Å². The molecule has 1 saturated carbocycles. The van der Waals surface area contributed by atoms with Crippen LogP contribution < -0.4 is 14.4 Å². The quantitative estimate of drug-likeness (QED) is 0.159. The predicted octanol–water partition coefficient (Wildman–Crippen LogP) is 7.25. The standard InChI is InChI=1S/C39H44ClN3O5S/c1-28-17-20-34(23-29(28)2)43(49(46,47)36-21-18-32(40)19-22-36)27-38(44)42(26-31-13-10-16-35(24-31)48-3)37(25-30-11-6-4-7-12-30)39(45)41-33-14-8-5-9-15-33/h4,6-7,10-13,16-24,33,37H,5,8-9,14-15,25-27H2,1-3H3,(H,41,45)/t37-/m1/s1. The number of amides is 2. The maximum atomic E-state index is 14.8. The Morgan fingerprint density at radius 1 is 0.857 bits per heavy atom. The lowest BCUT2D eigenvalue weighted by molar-refractivity contribution is -0.140. The van der Waals surface area contributed by atoms with E-state index < -0.39 is 28.5 Å². The number of carbonyl (C=O) groups excluding carboxylic acids is 2. The fourth-order valence-corrected chi connectivity index (χ4v) is 7.74. The molecule has 0 saturated heterocycles. The first kappa shape index (κ1) is 36.0. The predicted molar refractivity (Wildman–Crippen MR) is 194 cm³/mol. The number of hydrogen-bond donors (Lipinski definition) is 1. The minimum absolute atomic E-state index is 0.00171. The van der Waals surface area contributed by atoms with E-state index in [4.69, 9.17) is 16.3 Å². The van der Waals surface area contributed by atoms with E-state index in [1.54, 1.807) is 19.2 Å². The first-order valence-corrected chi connectivity index (χ1v) is 18.5.